The summed E-state index contributed by atoms with van der Waals surface area (Å²) in [4.78, 5) is 12.4. The average Bonchev–Trinajstić information content (AvgIpc) is 3.08. The lowest BCUT2D eigenvalue weighted by atomic mass is 10.1. The standard InChI is InChI=1S/C24H27NO6/c1-15-7-6-8-16(2)23(15)28-11-12-29-24(26)19-9-10-21(22(13-19)27-5)30-14-20-17(3)25-31-18(20)4/h6-10,13H,11-12,14H2,1-5H3. The largest absolute Gasteiger partial charge is 0.493 e. The van der Waals surface area contributed by atoms with Crippen molar-refractivity contribution >= 4 is 5.97 Å². The number of nitrogens with zero attached hydrogens (tertiary/aromatic N) is 1. The van der Waals surface area contributed by atoms with Crippen molar-refractivity contribution in [1.82, 2.24) is 5.16 Å². The van der Waals surface area contributed by atoms with E-state index in [2.05, 4.69) is 5.16 Å². The summed E-state index contributed by atoms with van der Waals surface area (Å²) in [6.45, 7) is 8.35. The van der Waals surface area contributed by atoms with Crippen LogP contribution in [0.3, 0.4) is 0 Å². The Labute approximate surface area is 181 Å². The molecule has 0 aliphatic heterocycles. The molecule has 7 nitrogen and oxygen atoms in total. The van der Waals surface area contributed by atoms with E-state index >= 15 is 0 Å². The number of methoxy groups -OCH3 is 1. The van der Waals surface area contributed by atoms with Gasteiger partial charge in [-0.15, -0.1) is 0 Å². The van der Waals surface area contributed by atoms with Crippen molar-refractivity contribution < 1.29 is 28.3 Å². The third-order valence-electron chi connectivity index (χ3n) is 4.92. The van der Waals surface area contributed by atoms with Gasteiger partial charge in [0.1, 0.15) is 31.3 Å². The van der Waals surface area contributed by atoms with Crippen molar-refractivity contribution in [2.75, 3.05) is 20.3 Å². The van der Waals surface area contributed by atoms with Gasteiger partial charge in [-0.2, -0.15) is 0 Å². The monoisotopic (exact) mass is 425 g/mol. The molecule has 0 saturated carbocycles. The van der Waals surface area contributed by atoms with E-state index in [9.17, 15) is 4.79 Å². The first-order valence-corrected chi connectivity index (χ1v) is 9.99. The number of carbonyl (C=O) groups excluding carboxylic acids is 1. The zero-order valence-corrected chi connectivity index (χ0v) is 18.5. The van der Waals surface area contributed by atoms with Gasteiger partial charge in [0, 0.05) is 0 Å². The topological polar surface area (TPSA) is 80.0 Å². The van der Waals surface area contributed by atoms with Gasteiger partial charge in [0.15, 0.2) is 11.5 Å². The predicted octanol–water partition coefficient (Wildman–Crippen LogP) is 4.73. The maximum atomic E-state index is 12.4. The molecule has 0 N–H and O–H groups in total. The van der Waals surface area contributed by atoms with E-state index < -0.39 is 5.97 Å². The number of para-hydroxylation sites is 1. The molecule has 0 aliphatic carbocycles. The quantitative estimate of drug-likeness (QED) is 0.362. The summed E-state index contributed by atoms with van der Waals surface area (Å²) < 4.78 is 27.5. The maximum Gasteiger partial charge on any atom is 0.338 e. The van der Waals surface area contributed by atoms with Crippen molar-refractivity contribution in [2.45, 2.75) is 34.3 Å². The van der Waals surface area contributed by atoms with Crippen LogP contribution in [0.25, 0.3) is 0 Å². The van der Waals surface area contributed by atoms with Crippen LogP contribution in [-0.2, 0) is 11.3 Å². The third-order valence-corrected chi connectivity index (χ3v) is 4.92. The number of hydrogen-bond donors (Lipinski definition) is 0. The van der Waals surface area contributed by atoms with Crippen LogP contribution in [0.1, 0.15) is 38.5 Å². The number of aryl methyl sites for hydroxylation is 4. The normalized spacial score (nSPS) is 10.6. The molecule has 1 aromatic heterocycles. The maximum absolute atomic E-state index is 12.4. The Morgan fingerprint density at radius 3 is 2.35 bits per heavy atom. The van der Waals surface area contributed by atoms with Crippen molar-refractivity contribution in [3.8, 4) is 17.2 Å². The Morgan fingerprint density at radius 2 is 1.71 bits per heavy atom. The highest BCUT2D eigenvalue weighted by molar-refractivity contribution is 5.90. The van der Waals surface area contributed by atoms with E-state index in [4.69, 9.17) is 23.5 Å². The van der Waals surface area contributed by atoms with E-state index in [1.54, 1.807) is 18.2 Å². The van der Waals surface area contributed by atoms with Crippen molar-refractivity contribution in [2.24, 2.45) is 0 Å². The molecule has 7 heteroatoms. The van der Waals surface area contributed by atoms with Crippen LogP contribution in [0.15, 0.2) is 40.9 Å². The van der Waals surface area contributed by atoms with E-state index in [1.165, 1.54) is 7.11 Å². The molecule has 0 amide bonds. The second kappa shape index (κ2) is 10.0. The Balaban J connectivity index is 1.56. The molecule has 2 aromatic carbocycles. The predicted molar refractivity (Wildman–Crippen MR) is 115 cm³/mol. The van der Waals surface area contributed by atoms with Crippen molar-refractivity contribution in [1.29, 1.82) is 0 Å². The zero-order chi connectivity index (χ0) is 22.4. The molecule has 0 unspecified atom stereocenters. The minimum Gasteiger partial charge on any atom is -0.493 e. The second-order valence-electron chi connectivity index (χ2n) is 7.16. The molecule has 0 atom stereocenters. The number of hydrogen-bond acceptors (Lipinski definition) is 7. The van der Waals surface area contributed by atoms with Gasteiger partial charge in [-0.1, -0.05) is 23.4 Å². The van der Waals surface area contributed by atoms with Gasteiger partial charge < -0.3 is 23.5 Å². The molecule has 0 radical (unpaired) electrons. The van der Waals surface area contributed by atoms with Gasteiger partial charge in [0.25, 0.3) is 0 Å². The first kappa shape index (κ1) is 22.2. The van der Waals surface area contributed by atoms with E-state index in [0.717, 1.165) is 28.1 Å². The number of esters is 1. The lowest BCUT2D eigenvalue weighted by Crippen LogP contribution is -2.13. The third kappa shape index (κ3) is 5.36. The van der Waals surface area contributed by atoms with Gasteiger partial charge in [0.2, 0.25) is 0 Å². The molecule has 0 fully saturated rings. The van der Waals surface area contributed by atoms with E-state index in [0.29, 0.717) is 22.8 Å². The van der Waals surface area contributed by atoms with Crippen LogP contribution in [0.5, 0.6) is 17.2 Å². The fraction of sp³-hybridized carbons (Fsp3) is 0.333. The van der Waals surface area contributed by atoms with Crippen LogP contribution >= 0.6 is 0 Å². The molecule has 0 bridgehead atoms. The number of benzene rings is 2. The minimum absolute atomic E-state index is 0.138. The highest BCUT2D eigenvalue weighted by Gasteiger charge is 2.15. The van der Waals surface area contributed by atoms with Crippen LogP contribution in [0.4, 0.5) is 0 Å². The molecular formula is C24H27NO6. The number of aromatic nitrogens is 1. The molecule has 0 saturated heterocycles. The van der Waals surface area contributed by atoms with Gasteiger partial charge in [-0.05, 0) is 57.0 Å². The number of ether oxygens (including phenoxy) is 4. The molecule has 0 spiro atoms. The van der Waals surface area contributed by atoms with Gasteiger partial charge >= 0.3 is 5.97 Å². The van der Waals surface area contributed by atoms with Gasteiger partial charge in [-0.25, -0.2) is 4.79 Å². The van der Waals surface area contributed by atoms with E-state index in [-0.39, 0.29) is 19.8 Å². The molecule has 1 heterocycles. The lowest BCUT2D eigenvalue weighted by Gasteiger charge is -2.13. The first-order valence-electron chi connectivity index (χ1n) is 9.99. The fourth-order valence-electron chi connectivity index (χ4n) is 3.16. The smallest absolute Gasteiger partial charge is 0.338 e. The molecule has 3 rings (SSSR count). The number of carbonyl (C=O) groups is 1. The van der Waals surface area contributed by atoms with Crippen LogP contribution in [-0.4, -0.2) is 31.4 Å². The van der Waals surface area contributed by atoms with Gasteiger partial charge in [0.05, 0.1) is 23.9 Å². The summed E-state index contributed by atoms with van der Waals surface area (Å²) in [5.41, 5.74) is 4.12. The van der Waals surface area contributed by atoms with Gasteiger partial charge in [-0.3, -0.25) is 0 Å². The SMILES string of the molecule is COc1cc(C(=O)OCCOc2c(C)cccc2C)ccc1OCc1c(C)noc1C. The number of rotatable bonds is 9. The lowest BCUT2D eigenvalue weighted by molar-refractivity contribution is 0.0449. The Bertz CT molecular complexity index is 1020. The van der Waals surface area contributed by atoms with Crippen LogP contribution in [0.2, 0.25) is 0 Å². The fourth-order valence-corrected chi connectivity index (χ4v) is 3.16. The average molecular weight is 425 g/mol. The molecule has 3 aromatic rings. The summed E-state index contributed by atoms with van der Waals surface area (Å²) in [7, 11) is 1.52. The van der Waals surface area contributed by atoms with Crippen molar-refractivity contribution in [3.05, 3.63) is 70.1 Å². The molecule has 31 heavy (non-hydrogen) atoms. The summed E-state index contributed by atoms with van der Waals surface area (Å²) in [6, 6.07) is 10.9. The minimum atomic E-state index is -0.458. The van der Waals surface area contributed by atoms with Crippen LogP contribution < -0.4 is 14.2 Å². The Hall–Kier alpha value is -3.48. The zero-order valence-electron chi connectivity index (χ0n) is 18.5. The highest BCUT2D eigenvalue weighted by atomic mass is 16.6. The summed E-state index contributed by atoms with van der Waals surface area (Å²) in [5.74, 6) is 2.02. The van der Waals surface area contributed by atoms with E-state index in [1.807, 2.05) is 45.9 Å². The molecule has 0 aliphatic rings. The molecular weight excluding hydrogens is 398 g/mol. The molecule has 164 valence electrons. The van der Waals surface area contributed by atoms with Crippen molar-refractivity contribution in [3.63, 3.8) is 0 Å². The summed E-state index contributed by atoms with van der Waals surface area (Å²) in [6.07, 6.45) is 0. The van der Waals surface area contributed by atoms with Crippen LogP contribution in [0, 0.1) is 27.7 Å². The summed E-state index contributed by atoms with van der Waals surface area (Å²) in [5, 5.41) is 3.92. The first-order chi connectivity index (χ1) is 14.9. The Kier molecular flexibility index (Phi) is 7.18. The Morgan fingerprint density at radius 1 is 0.968 bits per heavy atom. The highest BCUT2D eigenvalue weighted by Crippen LogP contribution is 2.30. The second-order valence-corrected chi connectivity index (χ2v) is 7.16. The summed E-state index contributed by atoms with van der Waals surface area (Å²) >= 11 is 0.